The number of para-hydroxylation sites is 1. The van der Waals surface area contributed by atoms with Crippen LogP contribution in [-0.2, 0) is 0 Å². The average molecular weight is 457 g/mol. The van der Waals surface area contributed by atoms with Gasteiger partial charge < -0.3 is 15.0 Å². The molecule has 1 aromatic carbocycles. The van der Waals surface area contributed by atoms with Crippen LogP contribution >= 0.6 is 0 Å². The molecule has 3 aromatic rings. The molecule has 172 valence electrons. The normalized spacial score (nSPS) is 19.0. The van der Waals surface area contributed by atoms with E-state index in [1.165, 1.54) is 6.20 Å². The molecular weight excluding hydrogens is 436 g/mol. The Labute approximate surface area is 186 Å². The number of nitrogens with one attached hydrogen (secondary N) is 4. The summed E-state index contributed by atoms with van der Waals surface area (Å²) >= 11 is 0. The molecule has 4 amide bonds. The molecule has 0 aliphatic carbocycles. The molecule has 2 aliphatic rings. The van der Waals surface area contributed by atoms with Gasteiger partial charge >= 0.3 is 12.1 Å². The lowest BCUT2D eigenvalue weighted by molar-refractivity contribution is -0.107. The molecule has 0 saturated carbocycles. The maximum absolute atomic E-state index is 13.0. The highest BCUT2D eigenvalue weighted by Crippen LogP contribution is 2.31. The van der Waals surface area contributed by atoms with E-state index in [4.69, 9.17) is 4.74 Å². The highest BCUT2D eigenvalue weighted by molar-refractivity contribution is 6.00. The highest BCUT2D eigenvalue weighted by atomic mass is 19.3. The minimum Gasteiger partial charge on any atom is -0.493 e. The number of H-pyrrole nitrogens is 1. The molecule has 33 heavy (non-hydrogen) atoms. The van der Waals surface area contributed by atoms with Crippen LogP contribution in [0.25, 0.3) is 10.9 Å². The Morgan fingerprint density at radius 1 is 1.21 bits per heavy atom. The summed E-state index contributed by atoms with van der Waals surface area (Å²) in [5.74, 6) is -1.64. The number of aromatic nitrogens is 3. The Kier molecular flexibility index (Phi) is 5.19. The topological polar surface area (TPSA) is 124 Å². The zero-order valence-electron chi connectivity index (χ0n) is 17.4. The first-order chi connectivity index (χ1) is 15.9. The number of urea groups is 2. The fourth-order valence-electron chi connectivity index (χ4n) is 3.90. The number of hydrogen-bond donors (Lipinski definition) is 4. The Hall–Kier alpha value is -3.96. The number of ether oxygens (including phenoxy) is 1. The number of halogens is 2. The third-order valence-electron chi connectivity index (χ3n) is 5.54. The number of rotatable bonds is 3. The van der Waals surface area contributed by atoms with Crippen molar-refractivity contribution in [3.8, 4) is 5.75 Å². The van der Waals surface area contributed by atoms with Gasteiger partial charge in [-0.15, -0.1) is 0 Å². The van der Waals surface area contributed by atoms with E-state index >= 15 is 0 Å². The van der Waals surface area contributed by atoms with Gasteiger partial charge in [-0.05, 0) is 18.9 Å². The highest BCUT2D eigenvalue weighted by Gasteiger charge is 2.46. The van der Waals surface area contributed by atoms with Gasteiger partial charge in [0.25, 0.3) is 5.92 Å². The number of pyridine rings is 1. The van der Waals surface area contributed by atoms with Gasteiger partial charge in [-0.2, -0.15) is 5.10 Å². The van der Waals surface area contributed by atoms with E-state index in [0.29, 0.717) is 17.5 Å². The summed E-state index contributed by atoms with van der Waals surface area (Å²) in [6.07, 6.45) is 2.98. The van der Waals surface area contributed by atoms with E-state index in [0.717, 1.165) is 29.1 Å². The van der Waals surface area contributed by atoms with Crippen LogP contribution in [0.4, 0.5) is 30.0 Å². The predicted octanol–water partition coefficient (Wildman–Crippen LogP) is 3.48. The first kappa shape index (κ1) is 20.9. The summed E-state index contributed by atoms with van der Waals surface area (Å²) in [7, 11) is 0. The zero-order chi connectivity index (χ0) is 23.0. The van der Waals surface area contributed by atoms with E-state index in [1.807, 2.05) is 24.3 Å². The summed E-state index contributed by atoms with van der Waals surface area (Å²) in [6.45, 7) is -0.658. The number of nitrogens with zero attached hydrogens (tertiary/aromatic N) is 3. The zero-order valence-corrected chi connectivity index (χ0v) is 17.4. The number of alkyl halides is 2. The van der Waals surface area contributed by atoms with Crippen molar-refractivity contribution in [3.63, 3.8) is 0 Å². The molecule has 1 saturated heterocycles. The van der Waals surface area contributed by atoms with Crippen LogP contribution in [0.3, 0.4) is 0 Å². The first-order valence-corrected chi connectivity index (χ1v) is 10.5. The standard InChI is InChI=1S/C21H21F2N7O3/c22-21(23)10-30(11-21)20(32)27-18-13-9-24-17(8-15(13)28-29-18)26-19(31)25-14-5-3-7-33-16-6-2-1-4-12(14)16/h1-2,4,6,8-9,14H,3,5,7,10-11H2,(H2,24,25,26,31)(H2,27,28,29,32)/t14-/m1/s1. The average Bonchev–Trinajstić information content (AvgIpc) is 3.04. The van der Waals surface area contributed by atoms with Gasteiger partial charge in [0.2, 0.25) is 0 Å². The second-order valence-corrected chi connectivity index (χ2v) is 8.01. The quantitative estimate of drug-likeness (QED) is 0.479. The number of amides is 4. The maximum atomic E-state index is 13.0. The number of carbonyl (C=O) groups excluding carboxylic acids is 2. The molecule has 2 aromatic heterocycles. The van der Waals surface area contributed by atoms with Crippen molar-refractivity contribution in [3.05, 3.63) is 42.1 Å². The smallest absolute Gasteiger partial charge is 0.323 e. The van der Waals surface area contributed by atoms with Crippen LogP contribution in [0, 0.1) is 0 Å². The summed E-state index contributed by atoms with van der Waals surface area (Å²) in [5, 5.41) is 15.4. The fraction of sp³-hybridized carbons (Fsp3) is 0.333. The van der Waals surface area contributed by atoms with Crippen molar-refractivity contribution in [2.24, 2.45) is 0 Å². The third kappa shape index (κ3) is 4.36. The van der Waals surface area contributed by atoms with Crippen LogP contribution in [0.15, 0.2) is 36.5 Å². The number of hydrogen-bond acceptors (Lipinski definition) is 5. The summed E-state index contributed by atoms with van der Waals surface area (Å²) in [4.78, 5) is 29.9. The van der Waals surface area contributed by atoms with Crippen LogP contribution in [0.2, 0.25) is 0 Å². The molecule has 0 radical (unpaired) electrons. The Morgan fingerprint density at radius 3 is 2.85 bits per heavy atom. The molecule has 1 atom stereocenters. The minimum absolute atomic E-state index is 0.170. The van der Waals surface area contributed by atoms with Crippen molar-refractivity contribution in [2.45, 2.75) is 24.8 Å². The summed E-state index contributed by atoms with van der Waals surface area (Å²) in [5.41, 5.74) is 1.43. The van der Waals surface area contributed by atoms with Gasteiger partial charge in [-0.25, -0.2) is 23.4 Å². The van der Waals surface area contributed by atoms with E-state index in [-0.39, 0.29) is 17.7 Å². The second-order valence-electron chi connectivity index (χ2n) is 8.01. The first-order valence-electron chi connectivity index (χ1n) is 10.5. The lowest BCUT2D eigenvalue weighted by atomic mass is 10.0. The number of anilines is 2. The molecule has 1 fully saturated rings. The summed E-state index contributed by atoms with van der Waals surface area (Å²) < 4.78 is 31.7. The predicted molar refractivity (Wildman–Crippen MR) is 115 cm³/mol. The number of likely N-dealkylation sites (tertiary alicyclic amines) is 1. The number of benzene rings is 1. The lowest BCUT2D eigenvalue weighted by Gasteiger charge is -2.38. The lowest BCUT2D eigenvalue weighted by Crippen LogP contribution is -2.59. The Bertz CT molecular complexity index is 1210. The van der Waals surface area contributed by atoms with Crippen LogP contribution < -0.4 is 20.7 Å². The van der Waals surface area contributed by atoms with E-state index in [1.54, 1.807) is 6.07 Å². The molecule has 4 N–H and O–H groups in total. The van der Waals surface area contributed by atoms with Gasteiger partial charge in [0.05, 0.1) is 36.6 Å². The van der Waals surface area contributed by atoms with Gasteiger partial charge in [0.15, 0.2) is 5.82 Å². The molecule has 10 nitrogen and oxygen atoms in total. The monoisotopic (exact) mass is 457 g/mol. The van der Waals surface area contributed by atoms with Crippen LogP contribution in [0.5, 0.6) is 5.75 Å². The van der Waals surface area contributed by atoms with Gasteiger partial charge in [-0.3, -0.25) is 15.7 Å². The SMILES string of the molecule is O=C(Nc1cc2[nH]nc(NC(=O)N3CC(F)(F)C3)c2cn1)N[C@@H]1CCCOc2ccccc21. The third-order valence-corrected chi connectivity index (χ3v) is 5.54. The molecule has 0 unspecified atom stereocenters. The second kappa shape index (κ2) is 8.19. The van der Waals surface area contributed by atoms with Gasteiger partial charge in [-0.1, -0.05) is 18.2 Å². The van der Waals surface area contributed by atoms with E-state index in [2.05, 4.69) is 31.1 Å². The molecule has 2 aliphatic heterocycles. The molecule has 5 rings (SSSR count). The van der Waals surface area contributed by atoms with Gasteiger partial charge in [0.1, 0.15) is 11.6 Å². The molecule has 4 heterocycles. The van der Waals surface area contributed by atoms with E-state index < -0.39 is 31.1 Å². The minimum atomic E-state index is -2.85. The van der Waals surface area contributed by atoms with Gasteiger partial charge in [0, 0.05) is 17.8 Å². The number of carbonyl (C=O) groups is 2. The molecule has 0 bridgehead atoms. The van der Waals surface area contributed by atoms with Crippen molar-refractivity contribution in [2.75, 3.05) is 30.3 Å². The number of fused-ring (bicyclic) bond motifs is 2. The van der Waals surface area contributed by atoms with Crippen molar-refractivity contribution in [1.82, 2.24) is 25.4 Å². The van der Waals surface area contributed by atoms with E-state index in [9.17, 15) is 18.4 Å². The molecular formula is C21H21F2N7O3. The largest absolute Gasteiger partial charge is 0.493 e. The fourth-order valence-corrected chi connectivity index (χ4v) is 3.90. The maximum Gasteiger partial charge on any atom is 0.323 e. The van der Waals surface area contributed by atoms with Crippen LogP contribution in [-0.4, -0.2) is 57.8 Å². The van der Waals surface area contributed by atoms with Crippen molar-refractivity contribution < 1.29 is 23.1 Å². The Balaban J connectivity index is 1.24. The van der Waals surface area contributed by atoms with Crippen molar-refractivity contribution in [1.29, 1.82) is 0 Å². The number of aromatic amines is 1. The van der Waals surface area contributed by atoms with Crippen LogP contribution in [0.1, 0.15) is 24.4 Å². The molecule has 0 spiro atoms. The Morgan fingerprint density at radius 2 is 2.03 bits per heavy atom. The van der Waals surface area contributed by atoms with Crippen molar-refractivity contribution >= 4 is 34.6 Å². The molecule has 12 heteroatoms. The summed E-state index contributed by atoms with van der Waals surface area (Å²) in [6, 6.07) is 7.88.